The Bertz CT molecular complexity index is 589. The summed E-state index contributed by atoms with van der Waals surface area (Å²) in [7, 11) is 0. The largest absolute Gasteiger partial charge is 0.489 e. The summed E-state index contributed by atoms with van der Waals surface area (Å²) in [6, 6.07) is 12.1. The highest BCUT2D eigenvalue weighted by molar-refractivity contribution is 6.30. The van der Waals surface area contributed by atoms with Gasteiger partial charge in [0.25, 0.3) is 0 Å². The van der Waals surface area contributed by atoms with Crippen molar-refractivity contribution in [2.45, 2.75) is 26.5 Å². The van der Waals surface area contributed by atoms with Crippen molar-refractivity contribution in [3.63, 3.8) is 0 Å². The lowest BCUT2D eigenvalue weighted by Gasteiger charge is -2.12. The van der Waals surface area contributed by atoms with E-state index >= 15 is 0 Å². The molecular weight excluding hydrogens is 289 g/mol. The predicted octanol–water partition coefficient (Wildman–Crippen LogP) is 4.56. The maximum Gasteiger partial charge on any atom is 0.124 e. The number of ether oxygens (including phenoxy) is 1. The zero-order chi connectivity index (χ0) is 15.1. The molecule has 21 heavy (non-hydrogen) atoms. The lowest BCUT2D eigenvalue weighted by Crippen LogP contribution is -2.15. The van der Waals surface area contributed by atoms with Crippen LogP contribution in [-0.4, -0.2) is 6.54 Å². The summed E-state index contributed by atoms with van der Waals surface area (Å²) < 4.78 is 19.2. The molecule has 0 unspecified atom stereocenters. The zero-order valence-electron chi connectivity index (χ0n) is 12.0. The van der Waals surface area contributed by atoms with Crippen LogP contribution in [0, 0.1) is 5.82 Å². The molecule has 0 aromatic heterocycles. The molecule has 0 radical (unpaired) electrons. The fourth-order valence-corrected chi connectivity index (χ4v) is 2.23. The number of halogens is 2. The van der Waals surface area contributed by atoms with Crippen molar-refractivity contribution in [2.24, 2.45) is 0 Å². The highest BCUT2D eigenvalue weighted by Gasteiger charge is 2.06. The van der Waals surface area contributed by atoms with Gasteiger partial charge in [0.05, 0.1) is 0 Å². The lowest BCUT2D eigenvalue weighted by atomic mass is 10.2. The molecule has 0 aliphatic carbocycles. The first-order chi connectivity index (χ1) is 10.2. The van der Waals surface area contributed by atoms with E-state index in [4.69, 9.17) is 16.3 Å². The molecule has 0 saturated heterocycles. The van der Waals surface area contributed by atoms with Gasteiger partial charge in [-0.3, -0.25) is 0 Å². The van der Waals surface area contributed by atoms with E-state index in [1.54, 1.807) is 6.07 Å². The zero-order valence-corrected chi connectivity index (χ0v) is 12.8. The summed E-state index contributed by atoms with van der Waals surface area (Å²) in [4.78, 5) is 0. The van der Waals surface area contributed by atoms with Crippen molar-refractivity contribution in [3.8, 4) is 5.75 Å². The minimum absolute atomic E-state index is 0.251. The highest BCUT2D eigenvalue weighted by Crippen LogP contribution is 2.21. The van der Waals surface area contributed by atoms with Gasteiger partial charge in [0.2, 0.25) is 0 Å². The van der Waals surface area contributed by atoms with Crippen molar-refractivity contribution >= 4 is 11.6 Å². The summed E-state index contributed by atoms with van der Waals surface area (Å²) in [5.41, 5.74) is 1.81. The monoisotopic (exact) mass is 307 g/mol. The van der Waals surface area contributed by atoms with Crippen LogP contribution in [0.5, 0.6) is 5.75 Å². The van der Waals surface area contributed by atoms with Crippen molar-refractivity contribution < 1.29 is 9.13 Å². The maximum atomic E-state index is 13.4. The van der Waals surface area contributed by atoms with E-state index in [9.17, 15) is 4.39 Å². The Kier molecular flexibility index (Phi) is 6.03. The van der Waals surface area contributed by atoms with Gasteiger partial charge >= 0.3 is 0 Å². The Balaban J connectivity index is 2.04. The molecule has 0 amide bonds. The molecule has 0 bridgehead atoms. The van der Waals surface area contributed by atoms with Crippen LogP contribution in [0.3, 0.4) is 0 Å². The number of rotatable bonds is 7. The van der Waals surface area contributed by atoms with Crippen LogP contribution < -0.4 is 10.1 Å². The van der Waals surface area contributed by atoms with Crippen molar-refractivity contribution in [1.82, 2.24) is 5.32 Å². The molecule has 0 fully saturated rings. The first-order valence-corrected chi connectivity index (χ1v) is 7.43. The third kappa shape index (κ3) is 5.03. The highest BCUT2D eigenvalue weighted by atomic mass is 35.5. The summed E-state index contributed by atoms with van der Waals surface area (Å²) in [5.74, 6) is 0.443. The van der Waals surface area contributed by atoms with E-state index in [1.807, 2.05) is 24.3 Å². The van der Waals surface area contributed by atoms with Gasteiger partial charge in [0, 0.05) is 17.1 Å². The minimum Gasteiger partial charge on any atom is -0.489 e. The van der Waals surface area contributed by atoms with E-state index in [1.165, 1.54) is 12.1 Å². The quantitative estimate of drug-likeness (QED) is 0.757. The molecule has 2 rings (SSSR count). The van der Waals surface area contributed by atoms with E-state index in [0.717, 1.165) is 24.1 Å². The second-order valence-corrected chi connectivity index (χ2v) is 5.28. The number of nitrogens with one attached hydrogen (secondary N) is 1. The molecule has 1 N–H and O–H groups in total. The second kappa shape index (κ2) is 8.01. The molecule has 0 aliphatic heterocycles. The fourth-order valence-electron chi connectivity index (χ4n) is 2.01. The van der Waals surface area contributed by atoms with Gasteiger partial charge in [-0.1, -0.05) is 30.7 Å². The molecule has 0 heterocycles. The summed E-state index contributed by atoms with van der Waals surface area (Å²) >= 11 is 5.95. The summed E-state index contributed by atoms with van der Waals surface area (Å²) in [5, 5.41) is 3.94. The molecule has 0 aliphatic rings. The standard InChI is InChI=1S/C17H19ClFNO/c1-2-8-20-11-14-10-16(19)6-7-17(14)21-12-13-4-3-5-15(18)9-13/h3-7,9-10,20H,2,8,11-12H2,1H3. The van der Waals surface area contributed by atoms with Crippen LogP contribution in [-0.2, 0) is 13.2 Å². The number of hydrogen-bond acceptors (Lipinski definition) is 2. The van der Waals surface area contributed by atoms with Gasteiger partial charge in [0.15, 0.2) is 0 Å². The van der Waals surface area contributed by atoms with Crippen LogP contribution in [0.15, 0.2) is 42.5 Å². The topological polar surface area (TPSA) is 21.3 Å². The Morgan fingerprint density at radius 3 is 2.81 bits per heavy atom. The molecular formula is C17H19ClFNO. The first kappa shape index (κ1) is 15.8. The molecule has 112 valence electrons. The molecule has 2 aromatic carbocycles. The Hall–Kier alpha value is -1.58. The normalized spacial score (nSPS) is 10.6. The Labute approximate surface area is 129 Å². The van der Waals surface area contributed by atoms with Gasteiger partial charge in [-0.2, -0.15) is 0 Å². The van der Waals surface area contributed by atoms with Gasteiger partial charge < -0.3 is 10.1 Å². The third-order valence-electron chi connectivity index (χ3n) is 3.05. The van der Waals surface area contributed by atoms with Crippen molar-refractivity contribution in [3.05, 3.63) is 64.4 Å². The van der Waals surface area contributed by atoms with E-state index in [2.05, 4.69) is 12.2 Å². The summed E-state index contributed by atoms with van der Waals surface area (Å²) in [6.45, 7) is 3.99. The van der Waals surface area contributed by atoms with Gasteiger partial charge in [0.1, 0.15) is 18.2 Å². The van der Waals surface area contributed by atoms with E-state index in [0.29, 0.717) is 23.9 Å². The SMILES string of the molecule is CCCNCc1cc(F)ccc1OCc1cccc(Cl)c1. The van der Waals surface area contributed by atoms with Crippen LogP contribution in [0.25, 0.3) is 0 Å². The Morgan fingerprint density at radius 2 is 2.05 bits per heavy atom. The van der Waals surface area contributed by atoms with Gasteiger partial charge in [-0.05, 0) is 48.9 Å². The van der Waals surface area contributed by atoms with Gasteiger partial charge in [-0.15, -0.1) is 0 Å². The van der Waals surface area contributed by atoms with Crippen LogP contribution >= 0.6 is 11.6 Å². The van der Waals surface area contributed by atoms with Crippen LogP contribution in [0.2, 0.25) is 5.02 Å². The lowest BCUT2D eigenvalue weighted by molar-refractivity contribution is 0.301. The van der Waals surface area contributed by atoms with E-state index in [-0.39, 0.29) is 5.82 Å². The Morgan fingerprint density at radius 1 is 1.19 bits per heavy atom. The average Bonchev–Trinajstić information content (AvgIpc) is 2.47. The average molecular weight is 308 g/mol. The molecule has 2 aromatic rings. The maximum absolute atomic E-state index is 13.4. The van der Waals surface area contributed by atoms with Gasteiger partial charge in [-0.25, -0.2) is 4.39 Å². The van der Waals surface area contributed by atoms with Crippen molar-refractivity contribution in [1.29, 1.82) is 0 Å². The number of benzene rings is 2. The minimum atomic E-state index is -0.251. The third-order valence-corrected chi connectivity index (χ3v) is 3.28. The molecule has 0 spiro atoms. The van der Waals surface area contributed by atoms with Crippen molar-refractivity contribution in [2.75, 3.05) is 6.54 Å². The second-order valence-electron chi connectivity index (χ2n) is 4.85. The van der Waals surface area contributed by atoms with Crippen LogP contribution in [0.4, 0.5) is 4.39 Å². The predicted molar refractivity (Wildman–Crippen MR) is 84.2 cm³/mol. The number of hydrogen-bond donors (Lipinski definition) is 1. The molecule has 2 nitrogen and oxygen atoms in total. The van der Waals surface area contributed by atoms with E-state index < -0.39 is 0 Å². The molecule has 0 atom stereocenters. The summed E-state index contributed by atoms with van der Waals surface area (Å²) in [6.07, 6.45) is 1.04. The smallest absolute Gasteiger partial charge is 0.124 e. The van der Waals surface area contributed by atoms with Crippen LogP contribution in [0.1, 0.15) is 24.5 Å². The fraction of sp³-hybridized carbons (Fsp3) is 0.294. The molecule has 4 heteroatoms. The molecule has 0 saturated carbocycles. The first-order valence-electron chi connectivity index (χ1n) is 7.05.